The molecule has 1 atom stereocenters. The van der Waals surface area contributed by atoms with Crippen molar-refractivity contribution in [2.24, 2.45) is 0 Å². The number of likely N-dealkylation sites (N-methyl/N-ethyl adjacent to an activating group) is 1. The number of anilines is 1. The predicted octanol–water partition coefficient (Wildman–Crippen LogP) is 1.45. The van der Waals surface area contributed by atoms with Crippen LogP contribution in [-0.2, 0) is 4.74 Å². The number of nitrogens with one attached hydrogen (secondary N) is 2. The van der Waals surface area contributed by atoms with Gasteiger partial charge in [0.05, 0.1) is 18.2 Å². The van der Waals surface area contributed by atoms with Crippen LogP contribution in [0.3, 0.4) is 0 Å². The number of benzene rings is 1. The second kappa shape index (κ2) is 6.87. The first kappa shape index (κ1) is 15.6. The van der Waals surface area contributed by atoms with Gasteiger partial charge in [0.1, 0.15) is 12.4 Å². The van der Waals surface area contributed by atoms with Crippen LogP contribution in [0.15, 0.2) is 18.2 Å². The zero-order chi connectivity index (χ0) is 16.2. The van der Waals surface area contributed by atoms with Gasteiger partial charge in [0.15, 0.2) is 0 Å². The summed E-state index contributed by atoms with van der Waals surface area (Å²) in [6.45, 7) is 2.25. The lowest BCUT2D eigenvalue weighted by Crippen LogP contribution is -2.35. The van der Waals surface area contributed by atoms with Gasteiger partial charge in [-0.2, -0.15) is 0 Å². The summed E-state index contributed by atoms with van der Waals surface area (Å²) in [7, 11) is 1.73. The lowest BCUT2D eigenvalue weighted by atomic mass is 10.1. The summed E-state index contributed by atoms with van der Waals surface area (Å²) in [5.41, 5.74) is 1.02. The molecule has 0 saturated carbocycles. The molecule has 7 nitrogen and oxygen atoms in total. The SMILES string of the molecule is CN1CCOc2ccc(NC(=O)NCC3CCCO3)cc2C1=O. The molecule has 0 bridgehead atoms. The maximum Gasteiger partial charge on any atom is 0.319 e. The fraction of sp³-hybridized carbons (Fsp3) is 0.500. The predicted molar refractivity (Wildman–Crippen MR) is 84.9 cm³/mol. The summed E-state index contributed by atoms with van der Waals surface area (Å²) in [5, 5.41) is 5.52. The van der Waals surface area contributed by atoms with Crippen LogP contribution in [0.2, 0.25) is 0 Å². The van der Waals surface area contributed by atoms with E-state index in [4.69, 9.17) is 9.47 Å². The molecule has 3 amide bonds. The van der Waals surface area contributed by atoms with Gasteiger partial charge in [-0.1, -0.05) is 0 Å². The highest BCUT2D eigenvalue weighted by Gasteiger charge is 2.21. The third kappa shape index (κ3) is 3.73. The van der Waals surface area contributed by atoms with Gasteiger partial charge >= 0.3 is 6.03 Å². The van der Waals surface area contributed by atoms with Crippen molar-refractivity contribution in [3.63, 3.8) is 0 Å². The van der Waals surface area contributed by atoms with Crippen LogP contribution in [0.25, 0.3) is 0 Å². The van der Waals surface area contributed by atoms with Crippen molar-refractivity contribution < 1.29 is 19.1 Å². The number of urea groups is 1. The third-order valence-corrected chi connectivity index (χ3v) is 4.01. The molecule has 2 N–H and O–H groups in total. The van der Waals surface area contributed by atoms with Gasteiger partial charge in [0.25, 0.3) is 5.91 Å². The number of carbonyl (C=O) groups excluding carboxylic acids is 2. The van der Waals surface area contributed by atoms with Gasteiger partial charge in [0, 0.05) is 25.9 Å². The van der Waals surface area contributed by atoms with Crippen molar-refractivity contribution in [2.75, 3.05) is 38.7 Å². The van der Waals surface area contributed by atoms with E-state index in [1.54, 1.807) is 30.1 Å². The average Bonchev–Trinajstić information content (AvgIpc) is 3.02. The smallest absolute Gasteiger partial charge is 0.319 e. The van der Waals surface area contributed by atoms with Gasteiger partial charge < -0.3 is 25.0 Å². The third-order valence-electron chi connectivity index (χ3n) is 4.01. The topological polar surface area (TPSA) is 79.9 Å². The zero-order valence-corrected chi connectivity index (χ0v) is 13.1. The molecule has 124 valence electrons. The largest absolute Gasteiger partial charge is 0.491 e. The first-order chi connectivity index (χ1) is 11.1. The minimum absolute atomic E-state index is 0.0939. The summed E-state index contributed by atoms with van der Waals surface area (Å²) in [4.78, 5) is 25.8. The monoisotopic (exact) mass is 319 g/mol. The highest BCUT2D eigenvalue weighted by atomic mass is 16.5. The molecule has 0 spiro atoms. The quantitative estimate of drug-likeness (QED) is 0.884. The van der Waals surface area contributed by atoms with E-state index in [-0.39, 0.29) is 18.0 Å². The molecule has 7 heteroatoms. The molecule has 2 heterocycles. The number of amides is 3. The molecule has 2 aliphatic heterocycles. The van der Waals surface area contributed by atoms with Gasteiger partial charge in [-0.3, -0.25) is 4.79 Å². The number of ether oxygens (including phenoxy) is 2. The molecular formula is C16H21N3O4. The number of nitrogens with zero attached hydrogens (tertiary/aromatic N) is 1. The van der Waals surface area contributed by atoms with Crippen LogP contribution < -0.4 is 15.4 Å². The van der Waals surface area contributed by atoms with Crippen LogP contribution in [0.1, 0.15) is 23.2 Å². The van der Waals surface area contributed by atoms with Crippen LogP contribution in [0.5, 0.6) is 5.75 Å². The highest BCUT2D eigenvalue weighted by Crippen LogP contribution is 2.26. The van der Waals surface area contributed by atoms with Gasteiger partial charge in [0.2, 0.25) is 0 Å². The van der Waals surface area contributed by atoms with Gasteiger partial charge in [-0.05, 0) is 31.0 Å². The number of hydrogen-bond donors (Lipinski definition) is 2. The van der Waals surface area contributed by atoms with Crippen LogP contribution in [0.4, 0.5) is 10.5 Å². The number of fused-ring (bicyclic) bond motifs is 1. The Hall–Kier alpha value is -2.28. The molecule has 1 aromatic rings. The van der Waals surface area contributed by atoms with E-state index in [0.29, 0.717) is 36.7 Å². The lowest BCUT2D eigenvalue weighted by molar-refractivity contribution is 0.0796. The molecule has 0 aliphatic carbocycles. The van der Waals surface area contributed by atoms with E-state index in [1.807, 2.05) is 0 Å². The molecule has 23 heavy (non-hydrogen) atoms. The summed E-state index contributed by atoms with van der Waals surface area (Å²) in [6.07, 6.45) is 2.10. The Morgan fingerprint density at radius 1 is 1.39 bits per heavy atom. The number of rotatable bonds is 3. The maximum absolute atomic E-state index is 12.3. The molecule has 3 rings (SSSR count). The second-order valence-corrected chi connectivity index (χ2v) is 5.76. The Morgan fingerprint density at radius 3 is 3.04 bits per heavy atom. The van der Waals surface area contributed by atoms with Crippen molar-refractivity contribution in [3.8, 4) is 5.75 Å². The fourth-order valence-corrected chi connectivity index (χ4v) is 2.69. The lowest BCUT2D eigenvalue weighted by Gasteiger charge is -2.14. The van der Waals surface area contributed by atoms with Gasteiger partial charge in [-0.25, -0.2) is 4.79 Å². The number of hydrogen-bond acceptors (Lipinski definition) is 4. The van der Waals surface area contributed by atoms with E-state index in [0.717, 1.165) is 19.4 Å². The second-order valence-electron chi connectivity index (χ2n) is 5.76. The summed E-state index contributed by atoms with van der Waals surface area (Å²) < 4.78 is 11.0. The Morgan fingerprint density at radius 2 is 2.26 bits per heavy atom. The summed E-state index contributed by atoms with van der Waals surface area (Å²) in [6, 6.07) is 4.77. The molecule has 0 aromatic heterocycles. The Kier molecular flexibility index (Phi) is 4.66. The van der Waals surface area contributed by atoms with E-state index in [9.17, 15) is 9.59 Å². The normalized spacial score (nSPS) is 20.5. The van der Waals surface area contributed by atoms with E-state index in [2.05, 4.69) is 10.6 Å². The standard InChI is InChI=1S/C16H21N3O4/c1-19-6-8-23-14-5-4-11(9-13(14)15(19)20)18-16(21)17-10-12-3-2-7-22-12/h4-5,9,12H,2-3,6-8,10H2,1H3,(H2,17,18,21). The van der Waals surface area contributed by atoms with Crippen molar-refractivity contribution >= 4 is 17.6 Å². The minimum Gasteiger partial charge on any atom is -0.491 e. The van der Waals surface area contributed by atoms with Crippen LogP contribution >= 0.6 is 0 Å². The van der Waals surface area contributed by atoms with E-state index < -0.39 is 0 Å². The summed E-state index contributed by atoms with van der Waals surface area (Å²) in [5.74, 6) is 0.436. The molecule has 1 unspecified atom stereocenters. The van der Waals surface area contributed by atoms with Crippen molar-refractivity contribution in [1.29, 1.82) is 0 Å². The molecular weight excluding hydrogens is 298 g/mol. The van der Waals surface area contributed by atoms with Crippen molar-refractivity contribution in [2.45, 2.75) is 18.9 Å². The van der Waals surface area contributed by atoms with E-state index in [1.165, 1.54) is 0 Å². The first-order valence-electron chi connectivity index (χ1n) is 7.82. The van der Waals surface area contributed by atoms with Crippen LogP contribution in [-0.4, -0.2) is 56.3 Å². The minimum atomic E-state index is -0.309. The van der Waals surface area contributed by atoms with Crippen LogP contribution in [0, 0.1) is 0 Å². The first-order valence-corrected chi connectivity index (χ1v) is 7.82. The maximum atomic E-state index is 12.3. The molecule has 1 saturated heterocycles. The number of carbonyl (C=O) groups is 2. The zero-order valence-electron chi connectivity index (χ0n) is 13.1. The molecule has 1 fully saturated rings. The Balaban J connectivity index is 1.63. The van der Waals surface area contributed by atoms with Gasteiger partial charge in [-0.15, -0.1) is 0 Å². The molecule has 0 radical (unpaired) electrons. The van der Waals surface area contributed by atoms with Crippen molar-refractivity contribution in [3.05, 3.63) is 23.8 Å². The average molecular weight is 319 g/mol. The Bertz CT molecular complexity index is 599. The molecule has 1 aromatic carbocycles. The Labute approximate surface area is 134 Å². The summed E-state index contributed by atoms with van der Waals surface area (Å²) >= 11 is 0. The highest BCUT2D eigenvalue weighted by molar-refractivity contribution is 5.99. The fourth-order valence-electron chi connectivity index (χ4n) is 2.69. The van der Waals surface area contributed by atoms with E-state index >= 15 is 0 Å². The van der Waals surface area contributed by atoms with Crippen molar-refractivity contribution in [1.82, 2.24) is 10.2 Å². The molecule has 2 aliphatic rings.